The Morgan fingerprint density at radius 2 is 1.19 bits per heavy atom. The van der Waals surface area contributed by atoms with Crippen LogP contribution in [0.1, 0.15) is 69.6 Å². The molecule has 0 fully saturated rings. The molecule has 48 heavy (non-hydrogen) atoms. The molecule has 12 nitrogen and oxygen atoms in total. The van der Waals surface area contributed by atoms with E-state index in [1.165, 1.54) is 0 Å². The van der Waals surface area contributed by atoms with Crippen molar-refractivity contribution in [1.29, 1.82) is 0 Å². The zero-order valence-corrected chi connectivity index (χ0v) is 29.4. The number of aryl methyl sites for hydroxylation is 3. The van der Waals surface area contributed by atoms with Crippen LogP contribution >= 0.6 is 0 Å². The van der Waals surface area contributed by atoms with Gasteiger partial charge in [-0.05, 0) is 56.2 Å². The first kappa shape index (κ1) is 37.8. The molecule has 2 aromatic heterocycles. The first-order valence-electron chi connectivity index (χ1n) is 15.9. The molecule has 4 amide bonds. The molecular formula is C36H49N7O5. The summed E-state index contributed by atoms with van der Waals surface area (Å²) >= 11 is 0. The minimum atomic E-state index is -1.06. The maximum atomic E-state index is 12.7. The van der Waals surface area contributed by atoms with Gasteiger partial charge in [0.1, 0.15) is 11.6 Å². The highest BCUT2D eigenvalue weighted by Gasteiger charge is 2.24. The normalized spacial score (nSPS) is 12.3. The maximum Gasteiger partial charge on any atom is 0.313 e. The van der Waals surface area contributed by atoms with E-state index in [1.54, 1.807) is 36.4 Å². The Bertz CT molecular complexity index is 1550. The Hall–Kier alpha value is -4.68. The number of anilines is 3. The van der Waals surface area contributed by atoms with Crippen LogP contribution in [0.5, 0.6) is 0 Å². The SMILES string of the molecule is Cc1cc(C)c(NC(=O)C(=O)NCC(O)CN(Cc2cccc(NC(=O)C(C)(C)C)n2)Cc2cccc(NC(=O)C(C)(C)C)n2)c(C)c1. The van der Waals surface area contributed by atoms with Crippen LogP contribution in [0.2, 0.25) is 0 Å². The summed E-state index contributed by atoms with van der Waals surface area (Å²) in [5.74, 6) is -1.25. The van der Waals surface area contributed by atoms with E-state index in [1.807, 2.05) is 79.3 Å². The lowest BCUT2D eigenvalue weighted by Crippen LogP contribution is -2.43. The Morgan fingerprint density at radius 3 is 1.62 bits per heavy atom. The summed E-state index contributed by atoms with van der Waals surface area (Å²) in [5.41, 5.74) is 3.35. The molecule has 0 aliphatic heterocycles. The van der Waals surface area contributed by atoms with Gasteiger partial charge in [0, 0.05) is 42.7 Å². The van der Waals surface area contributed by atoms with Crippen molar-refractivity contribution in [3.8, 4) is 0 Å². The number of benzene rings is 1. The van der Waals surface area contributed by atoms with Crippen LogP contribution in [0.25, 0.3) is 0 Å². The molecule has 0 bridgehead atoms. The quantitative estimate of drug-likeness (QED) is 0.188. The van der Waals surface area contributed by atoms with E-state index in [0.717, 1.165) is 16.7 Å². The Morgan fingerprint density at radius 1 is 0.729 bits per heavy atom. The van der Waals surface area contributed by atoms with Crippen molar-refractivity contribution in [3.05, 3.63) is 76.6 Å². The number of hydrogen-bond donors (Lipinski definition) is 5. The molecular weight excluding hydrogens is 610 g/mol. The molecule has 0 aliphatic carbocycles. The first-order valence-corrected chi connectivity index (χ1v) is 15.9. The summed E-state index contributed by atoms with van der Waals surface area (Å²) in [6, 6.07) is 14.4. The summed E-state index contributed by atoms with van der Waals surface area (Å²) in [7, 11) is 0. The molecule has 1 aromatic carbocycles. The van der Waals surface area contributed by atoms with E-state index in [2.05, 4.69) is 31.2 Å². The van der Waals surface area contributed by atoms with Crippen molar-refractivity contribution in [3.63, 3.8) is 0 Å². The number of aliphatic hydroxyl groups excluding tert-OH is 1. The van der Waals surface area contributed by atoms with Crippen molar-refractivity contribution in [2.45, 2.75) is 81.5 Å². The fourth-order valence-corrected chi connectivity index (χ4v) is 4.73. The second-order valence-electron chi connectivity index (χ2n) is 14.2. The van der Waals surface area contributed by atoms with E-state index in [-0.39, 0.29) is 38.0 Å². The maximum absolute atomic E-state index is 12.7. The molecule has 0 saturated carbocycles. The highest BCUT2D eigenvalue weighted by Crippen LogP contribution is 2.22. The summed E-state index contributed by atoms with van der Waals surface area (Å²) in [6.45, 7) is 17.0. The molecule has 3 aromatic rings. The van der Waals surface area contributed by atoms with Gasteiger partial charge in [-0.15, -0.1) is 0 Å². The average molecular weight is 660 g/mol. The Balaban J connectivity index is 1.74. The van der Waals surface area contributed by atoms with E-state index < -0.39 is 28.7 Å². The molecule has 1 unspecified atom stereocenters. The lowest BCUT2D eigenvalue weighted by molar-refractivity contribution is -0.136. The van der Waals surface area contributed by atoms with Crippen LogP contribution in [0, 0.1) is 31.6 Å². The van der Waals surface area contributed by atoms with Crippen LogP contribution in [-0.2, 0) is 32.3 Å². The third kappa shape index (κ3) is 11.5. The highest BCUT2D eigenvalue weighted by atomic mass is 16.3. The number of pyridine rings is 2. The average Bonchev–Trinajstić information content (AvgIpc) is 2.97. The lowest BCUT2D eigenvalue weighted by Gasteiger charge is -2.25. The van der Waals surface area contributed by atoms with Gasteiger partial charge in [0.2, 0.25) is 11.8 Å². The van der Waals surface area contributed by atoms with Gasteiger partial charge in [-0.3, -0.25) is 24.1 Å². The molecule has 12 heteroatoms. The van der Waals surface area contributed by atoms with Crippen molar-refractivity contribution < 1.29 is 24.3 Å². The van der Waals surface area contributed by atoms with Crippen molar-refractivity contribution >= 4 is 41.0 Å². The van der Waals surface area contributed by atoms with Crippen molar-refractivity contribution in [1.82, 2.24) is 20.2 Å². The fraction of sp³-hybridized carbons (Fsp3) is 0.444. The monoisotopic (exact) mass is 659 g/mol. The molecule has 2 heterocycles. The second-order valence-corrected chi connectivity index (χ2v) is 14.2. The highest BCUT2D eigenvalue weighted by molar-refractivity contribution is 6.39. The number of nitrogens with one attached hydrogen (secondary N) is 4. The van der Waals surface area contributed by atoms with E-state index in [9.17, 15) is 24.3 Å². The topological polar surface area (TPSA) is 166 Å². The van der Waals surface area contributed by atoms with E-state index in [4.69, 9.17) is 0 Å². The van der Waals surface area contributed by atoms with E-state index in [0.29, 0.717) is 28.7 Å². The molecule has 258 valence electrons. The molecule has 1 atom stereocenters. The number of aliphatic hydroxyl groups is 1. The summed E-state index contributed by atoms with van der Waals surface area (Å²) in [6.07, 6.45) is -1.06. The van der Waals surface area contributed by atoms with Gasteiger partial charge < -0.3 is 26.4 Å². The molecule has 0 aliphatic rings. The second kappa shape index (κ2) is 15.9. The standard InChI is InChI=1S/C36H49N7O5/c1-22-16-23(2)30(24(3)17-22)42-32(46)31(45)37-18-27(44)21-43(19-25-12-10-14-28(38-25)40-33(47)35(4,5)6)20-26-13-11-15-29(39-26)41-34(48)36(7,8)9/h10-17,27,44H,18-21H2,1-9H3,(H,37,45)(H,42,46)(H,38,40,47)(H,39,41,48). The van der Waals surface area contributed by atoms with Crippen LogP contribution in [0.15, 0.2) is 48.5 Å². The van der Waals surface area contributed by atoms with Crippen LogP contribution in [0.4, 0.5) is 17.3 Å². The molecule has 0 radical (unpaired) electrons. The third-order valence-corrected chi connectivity index (χ3v) is 7.32. The minimum Gasteiger partial charge on any atom is -0.390 e. The zero-order valence-electron chi connectivity index (χ0n) is 29.4. The first-order chi connectivity index (χ1) is 22.3. The van der Waals surface area contributed by atoms with Crippen LogP contribution < -0.4 is 21.3 Å². The minimum absolute atomic E-state index is 0.0819. The summed E-state index contributed by atoms with van der Waals surface area (Å²) in [4.78, 5) is 61.5. The third-order valence-electron chi connectivity index (χ3n) is 7.32. The van der Waals surface area contributed by atoms with Gasteiger partial charge in [-0.1, -0.05) is 71.4 Å². The number of carbonyl (C=O) groups excluding carboxylic acids is 4. The number of aromatic nitrogens is 2. The smallest absolute Gasteiger partial charge is 0.313 e. The lowest BCUT2D eigenvalue weighted by atomic mass is 9.96. The van der Waals surface area contributed by atoms with Gasteiger partial charge in [0.05, 0.1) is 17.5 Å². The van der Waals surface area contributed by atoms with E-state index >= 15 is 0 Å². The largest absolute Gasteiger partial charge is 0.390 e. The predicted molar refractivity (Wildman–Crippen MR) is 187 cm³/mol. The zero-order chi connectivity index (χ0) is 35.8. The number of carbonyl (C=O) groups is 4. The van der Waals surface area contributed by atoms with Crippen molar-refractivity contribution in [2.75, 3.05) is 29.0 Å². The Labute approximate surface area is 283 Å². The fourth-order valence-electron chi connectivity index (χ4n) is 4.73. The number of nitrogens with zero attached hydrogens (tertiary/aromatic N) is 3. The van der Waals surface area contributed by atoms with Gasteiger partial charge in [-0.25, -0.2) is 9.97 Å². The molecule has 0 saturated heterocycles. The Kier molecular flexibility index (Phi) is 12.5. The van der Waals surface area contributed by atoms with Crippen LogP contribution in [-0.4, -0.2) is 62.8 Å². The van der Waals surface area contributed by atoms with Gasteiger partial charge in [0.15, 0.2) is 0 Å². The number of rotatable bonds is 11. The van der Waals surface area contributed by atoms with Gasteiger partial charge >= 0.3 is 11.8 Å². The molecule has 5 N–H and O–H groups in total. The predicted octanol–water partition coefficient (Wildman–Crippen LogP) is 4.49. The van der Waals surface area contributed by atoms with Crippen molar-refractivity contribution in [2.24, 2.45) is 10.8 Å². The van der Waals surface area contributed by atoms with Gasteiger partial charge in [-0.2, -0.15) is 0 Å². The van der Waals surface area contributed by atoms with Gasteiger partial charge in [0.25, 0.3) is 0 Å². The molecule has 0 spiro atoms. The summed E-state index contributed by atoms with van der Waals surface area (Å²) < 4.78 is 0. The number of amides is 4. The van der Waals surface area contributed by atoms with Crippen LogP contribution in [0.3, 0.4) is 0 Å². The summed E-state index contributed by atoms with van der Waals surface area (Å²) in [5, 5.41) is 21.9. The number of hydrogen-bond acceptors (Lipinski definition) is 8. The molecule has 3 rings (SSSR count).